The van der Waals surface area contributed by atoms with Crippen LogP contribution in [0.15, 0.2) is 24.3 Å². The molecule has 0 saturated carbocycles. The number of anilines is 1. The minimum atomic E-state index is -0.350. The number of amides is 1. The molecule has 3 nitrogen and oxygen atoms in total. The van der Waals surface area contributed by atoms with Gasteiger partial charge in [-0.05, 0) is 17.7 Å². The van der Waals surface area contributed by atoms with Crippen molar-refractivity contribution in [2.45, 2.75) is 11.7 Å². The Hall–Kier alpha value is -1.16. The molecule has 70 valence electrons. The van der Waals surface area contributed by atoms with Crippen LogP contribution in [0.1, 0.15) is 17.2 Å². The largest absolute Gasteiger partial charge is 0.399 e. The molecule has 0 aliphatic heterocycles. The summed E-state index contributed by atoms with van der Waals surface area (Å²) in [5.74, 6) is -0.350. The lowest BCUT2D eigenvalue weighted by Crippen LogP contribution is -2.12. The third-order valence-electron chi connectivity index (χ3n) is 1.72. The van der Waals surface area contributed by atoms with Crippen molar-refractivity contribution in [2.24, 2.45) is 5.73 Å². The second-order valence-electron chi connectivity index (χ2n) is 2.85. The molecule has 0 aromatic heterocycles. The molecule has 1 aromatic carbocycles. The number of carbonyl (C=O) groups is 1. The van der Waals surface area contributed by atoms with Crippen LogP contribution in [0.5, 0.6) is 0 Å². The Morgan fingerprint density at radius 3 is 2.38 bits per heavy atom. The highest BCUT2D eigenvalue weighted by Crippen LogP contribution is 2.23. The van der Waals surface area contributed by atoms with E-state index in [2.05, 4.69) is 12.6 Å². The van der Waals surface area contributed by atoms with Gasteiger partial charge in [0.2, 0.25) is 5.91 Å². The molecule has 4 heteroatoms. The first kappa shape index (κ1) is 9.92. The van der Waals surface area contributed by atoms with E-state index in [4.69, 9.17) is 11.5 Å². The Morgan fingerprint density at radius 1 is 1.38 bits per heavy atom. The van der Waals surface area contributed by atoms with Crippen LogP contribution in [0.3, 0.4) is 0 Å². The number of nitrogen functional groups attached to an aromatic ring is 1. The van der Waals surface area contributed by atoms with Gasteiger partial charge in [-0.3, -0.25) is 4.79 Å². The van der Waals surface area contributed by atoms with Crippen LogP contribution in [0.4, 0.5) is 5.69 Å². The average molecular weight is 196 g/mol. The summed E-state index contributed by atoms with van der Waals surface area (Å²) < 4.78 is 0. The van der Waals surface area contributed by atoms with E-state index in [1.807, 2.05) is 12.1 Å². The standard InChI is InChI=1S/C9H12N2OS/c10-7-3-1-6(2-4-7)8(13)5-9(11)12/h1-4,8,13H,5,10H2,(H2,11,12). The molecule has 0 heterocycles. The van der Waals surface area contributed by atoms with Crippen molar-refractivity contribution in [1.82, 2.24) is 0 Å². The zero-order valence-electron chi connectivity index (χ0n) is 7.10. The highest BCUT2D eigenvalue weighted by atomic mass is 32.1. The van der Waals surface area contributed by atoms with E-state index < -0.39 is 0 Å². The van der Waals surface area contributed by atoms with Crippen molar-refractivity contribution in [2.75, 3.05) is 5.73 Å². The zero-order valence-corrected chi connectivity index (χ0v) is 8.00. The fourth-order valence-electron chi connectivity index (χ4n) is 1.03. The van der Waals surface area contributed by atoms with Crippen LogP contribution in [-0.4, -0.2) is 5.91 Å². The molecule has 1 aromatic rings. The molecule has 0 aliphatic carbocycles. The Balaban J connectivity index is 2.71. The number of hydrogen-bond donors (Lipinski definition) is 3. The number of nitrogens with two attached hydrogens (primary N) is 2. The molecule has 1 amide bonds. The molecule has 0 radical (unpaired) electrons. The number of hydrogen-bond acceptors (Lipinski definition) is 3. The van der Waals surface area contributed by atoms with E-state index in [1.54, 1.807) is 12.1 Å². The third-order valence-corrected chi connectivity index (χ3v) is 2.20. The molecule has 1 rings (SSSR count). The minimum absolute atomic E-state index is 0.141. The normalized spacial score (nSPS) is 12.4. The maximum Gasteiger partial charge on any atom is 0.218 e. The molecule has 0 bridgehead atoms. The molecule has 0 aliphatic rings. The molecule has 0 fully saturated rings. The average Bonchev–Trinajstić information content (AvgIpc) is 2.04. The Morgan fingerprint density at radius 2 is 1.92 bits per heavy atom. The van der Waals surface area contributed by atoms with Crippen LogP contribution < -0.4 is 11.5 Å². The van der Waals surface area contributed by atoms with E-state index in [0.717, 1.165) is 5.56 Å². The van der Waals surface area contributed by atoms with Crippen molar-refractivity contribution in [3.63, 3.8) is 0 Å². The molecule has 4 N–H and O–H groups in total. The van der Waals surface area contributed by atoms with E-state index in [-0.39, 0.29) is 17.6 Å². The summed E-state index contributed by atoms with van der Waals surface area (Å²) in [5, 5.41) is -0.141. The number of rotatable bonds is 3. The van der Waals surface area contributed by atoms with E-state index in [0.29, 0.717) is 5.69 Å². The second-order valence-corrected chi connectivity index (χ2v) is 3.48. The minimum Gasteiger partial charge on any atom is -0.399 e. The van der Waals surface area contributed by atoms with Crippen molar-refractivity contribution in [3.8, 4) is 0 Å². The van der Waals surface area contributed by atoms with Crippen molar-refractivity contribution in [1.29, 1.82) is 0 Å². The topological polar surface area (TPSA) is 69.1 Å². The first-order valence-electron chi connectivity index (χ1n) is 3.91. The molecular formula is C9H12N2OS. The van der Waals surface area contributed by atoms with E-state index >= 15 is 0 Å². The predicted octanol–water partition coefficient (Wildman–Crippen LogP) is 1.12. The molecule has 1 atom stereocenters. The highest BCUT2D eigenvalue weighted by molar-refractivity contribution is 7.80. The maximum absolute atomic E-state index is 10.6. The van der Waals surface area contributed by atoms with Gasteiger partial charge in [-0.25, -0.2) is 0 Å². The van der Waals surface area contributed by atoms with Gasteiger partial charge < -0.3 is 11.5 Å². The summed E-state index contributed by atoms with van der Waals surface area (Å²) in [4.78, 5) is 10.6. The number of carbonyl (C=O) groups excluding carboxylic acids is 1. The summed E-state index contributed by atoms with van der Waals surface area (Å²) in [6.45, 7) is 0. The Kier molecular flexibility index (Phi) is 3.19. The first-order chi connectivity index (χ1) is 6.09. The Labute approximate surface area is 82.5 Å². The number of primary amides is 1. The van der Waals surface area contributed by atoms with Gasteiger partial charge in [-0.2, -0.15) is 12.6 Å². The van der Waals surface area contributed by atoms with Gasteiger partial charge in [-0.1, -0.05) is 12.1 Å². The van der Waals surface area contributed by atoms with Gasteiger partial charge in [0, 0.05) is 17.4 Å². The lowest BCUT2D eigenvalue weighted by molar-refractivity contribution is -0.118. The number of benzene rings is 1. The van der Waals surface area contributed by atoms with Gasteiger partial charge >= 0.3 is 0 Å². The lowest BCUT2D eigenvalue weighted by Gasteiger charge is -2.08. The van der Waals surface area contributed by atoms with Crippen LogP contribution >= 0.6 is 12.6 Å². The molecule has 13 heavy (non-hydrogen) atoms. The second kappa shape index (κ2) is 4.18. The van der Waals surface area contributed by atoms with Crippen LogP contribution in [-0.2, 0) is 4.79 Å². The van der Waals surface area contributed by atoms with Gasteiger partial charge in [-0.15, -0.1) is 0 Å². The van der Waals surface area contributed by atoms with Crippen molar-refractivity contribution >= 4 is 24.2 Å². The lowest BCUT2D eigenvalue weighted by atomic mass is 10.1. The van der Waals surface area contributed by atoms with E-state index in [1.165, 1.54) is 0 Å². The highest BCUT2D eigenvalue weighted by Gasteiger charge is 2.08. The molecule has 0 saturated heterocycles. The monoisotopic (exact) mass is 196 g/mol. The smallest absolute Gasteiger partial charge is 0.218 e. The van der Waals surface area contributed by atoms with E-state index in [9.17, 15) is 4.79 Å². The molecular weight excluding hydrogens is 184 g/mol. The summed E-state index contributed by atoms with van der Waals surface area (Å²) in [7, 11) is 0. The van der Waals surface area contributed by atoms with Crippen LogP contribution in [0.25, 0.3) is 0 Å². The van der Waals surface area contributed by atoms with Crippen LogP contribution in [0, 0.1) is 0 Å². The molecule has 0 spiro atoms. The fraction of sp³-hybridized carbons (Fsp3) is 0.222. The van der Waals surface area contributed by atoms with Crippen molar-refractivity contribution in [3.05, 3.63) is 29.8 Å². The summed E-state index contributed by atoms with van der Waals surface area (Å²) >= 11 is 4.25. The van der Waals surface area contributed by atoms with Gasteiger partial charge in [0.05, 0.1) is 0 Å². The summed E-state index contributed by atoms with van der Waals surface area (Å²) in [5.41, 5.74) is 12.2. The third kappa shape index (κ3) is 2.99. The first-order valence-corrected chi connectivity index (χ1v) is 4.43. The number of thiol groups is 1. The zero-order chi connectivity index (χ0) is 9.84. The summed E-state index contributed by atoms with van der Waals surface area (Å²) in [6.07, 6.45) is 0.243. The quantitative estimate of drug-likeness (QED) is 0.501. The fourth-order valence-corrected chi connectivity index (χ4v) is 1.38. The SMILES string of the molecule is NC(=O)CC(S)c1ccc(N)cc1. The molecule has 1 unspecified atom stereocenters. The van der Waals surface area contributed by atoms with Gasteiger partial charge in [0.25, 0.3) is 0 Å². The Bertz CT molecular complexity index is 297. The van der Waals surface area contributed by atoms with Crippen molar-refractivity contribution < 1.29 is 4.79 Å². The van der Waals surface area contributed by atoms with Gasteiger partial charge in [0.1, 0.15) is 0 Å². The maximum atomic E-state index is 10.6. The summed E-state index contributed by atoms with van der Waals surface area (Å²) in [6, 6.07) is 7.24. The van der Waals surface area contributed by atoms with Gasteiger partial charge in [0.15, 0.2) is 0 Å². The van der Waals surface area contributed by atoms with Crippen LogP contribution in [0.2, 0.25) is 0 Å². The predicted molar refractivity (Wildman–Crippen MR) is 56.4 cm³/mol.